The predicted molar refractivity (Wildman–Crippen MR) is 123 cm³/mol. The Morgan fingerprint density at radius 1 is 1.13 bits per heavy atom. The number of hydrogen-bond acceptors (Lipinski definition) is 4. The molecule has 1 heterocycles. The van der Waals surface area contributed by atoms with Crippen LogP contribution in [0.15, 0.2) is 42.5 Å². The van der Waals surface area contributed by atoms with E-state index in [-0.39, 0.29) is 25.0 Å². The number of hydrogen-bond donors (Lipinski definition) is 2. The van der Waals surface area contributed by atoms with Crippen LogP contribution in [0.3, 0.4) is 0 Å². The van der Waals surface area contributed by atoms with Crippen LogP contribution in [0.5, 0.6) is 0 Å². The van der Waals surface area contributed by atoms with Crippen LogP contribution in [0.4, 0.5) is 5.69 Å². The molecular weight excluding hydrogens is 414 g/mol. The summed E-state index contributed by atoms with van der Waals surface area (Å²) in [5, 5.41) is 6.89. The van der Waals surface area contributed by atoms with Gasteiger partial charge in [-0.25, -0.2) is 0 Å². The maximum absolute atomic E-state index is 13.1. The Balaban J connectivity index is 1.65. The van der Waals surface area contributed by atoms with Gasteiger partial charge in [-0.3, -0.25) is 9.59 Å². The number of para-hydroxylation sites is 1. The van der Waals surface area contributed by atoms with Gasteiger partial charge in [0.1, 0.15) is 6.73 Å². The number of piperidine rings is 1. The molecule has 0 radical (unpaired) electrons. The van der Waals surface area contributed by atoms with E-state index in [4.69, 9.17) is 16.3 Å². The molecule has 7 heteroatoms. The number of halogens is 1. The molecule has 0 aromatic heterocycles. The zero-order valence-corrected chi connectivity index (χ0v) is 19.1. The summed E-state index contributed by atoms with van der Waals surface area (Å²) in [6.07, 6.45) is 1.35. The molecule has 3 rings (SSSR count). The summed E-state index contributed by atoms with van der Waals surface area (Å²) in [4.78, 5) is 27.5. The molecule has 0 aliphatic carbocycles. The van der Waals surface area contributed by atoms with Gasteiger partial charge in [-0.15, -0.1) is 0 Å². The molecule has 1 fully saturated rings. The maximum Gasteiger partial charge on any atom is 0.256 e. The van der Waals surface area contributed by atoms with Crippen molar-refractivity contribution in [3.63, 3.8) is 0 Å². The first-order chi connectivity index (χ1) is 14.8. The number of rotatable bonds is 7. The van der Waals surface area contributed by atoms with E-state index in [0.717, 1.165) is 22.4 Å². The third kappa shape index (κ3) is 5.85. The minimum atomic E-state index is -0.970. The van der Waals surface area contributed by atoms with E-state index in [1.807, 2.05) is 56.3 Å². The van der Waals surface area contributed by atoms with E-state index in [2.05, 4.69) is 10.6 Å². The summed E-state index contributed by atoms with van der Waals surface area (Å²) in [6, 6.07) is 13.1. The molecule has 0 unspecified atom stereocenters. The molecule has 2 N–H and O–H groups in total. The quantitative estimate of drug-likeness (QED) is 0.640. The number of aryl methyl sites for hydroxylation is 2. The Kier molecular flexibility index (Phi) is 7.70. The molecule has 0 atom stereocenters. The molecule has 0 bridgehead atoms. The highest BCUT2D eigenvalue weighted by molar-refractivity contribution is 6.30. The van der Waals surface area contributed by atoms with Crippen LogP contribution in [-0.4, -0.2) is 49.2 Å². The van der Waals surface area contributed by atoms with Crippen LogP contribution in [-0.2, 0) is 20.7 Å². The van der Waals surface area contributed by atoms with Gasteiger partial charge >= 0.3 is 0 Å². The Morgan fingerprint density at radius 3 is 2.35 bits per heavy atom. The first-order valence-electron chi connectivity index (χ1n) is 10.5. The fourth-order valence-electron chi connectivity index (χ4n) is 3.83. The normalized spacial score (nSPS) is 15.4. The molecule has 1 saturated heterocycles. The van der Waals surface area contributed by atoms with E-state index >= 15 is 0 Å². The van der Waals surface area contributed by atoms with Crippen LogP contribution >= 0.6 is 11.6 Å². The Bertz CT molecular complexity index is 904. The van der Waals surface area contributed by atoms with E-state index in [1.165, 1.54) is 4.90 Å². The third-order valence-electron chi connectivity index (χ3n) is 5.81. The van der Waals surface area contributed by atoms with E-state index in [1.54, 1.807) is 7.05 Å². The molecule has 2 aromatic carbocycles. The van der Waals surface area contributed by atoms with Crippen molar-refractivity contribution in [1.82, 2.24) is 10.2 Å². The van der Waals surface area contributed by atoms with Gasteiger partial charge in [0.15, 0.2) is 5.60 Å². The average Bonchev–Trinajstić information content (AvgIpc) is 2.75. The first-order valence-corrected chi connectivity index (χ1v) is 10.9. The Labute approximate surface area is 188 Å². The number of anilines is 1. The zero-order chi connectivity index (χ0) is 22.4. The second kappa shape index (κ2) is 10.3. The van der Waals surface area contributed by atoms with Gasteiger partial charge in [0.25, 0.3) is 5.91 Å². The van der Waals surface area contributed by atoms with Crippen molar-refractivity contribution in [3.8, 4) is 0 Å². The molecule has 1 aliphatic heterocycles. The topological polar surface area (TPSA) is 70.7 Å². The summed E-state index contributed by atoms with van der Waals surface area (Å²) < 4.78 is 6.14. The lowest BCUT2D eigenvalue weighted by Gasteiger charge is -2.37. The zero-order valence-electron chi connectivity index (χ0n) is 18.3. The van der Waals surface area contributed by atoms with Crippen LogP contribution < -0.4 is 10.6 Å². The fraction of sp³-hybridized carbons (Fsp3) is 0.417. The van der Waals surface area contributed by atoms with Crippen LogP contribution in [0, 0.1) is 13.8 Å². The summed E-state index contributed by atoms with van der Waals surface area (Å²) in [5.74, 6) is -0.244. The number of ether oxygens (including phenoxy) is 1. The molecule has 166 valence electrons. The van der Waals surface area contributed by atoms with Crippen molar-refractivity contribution >= 4 is 29.1 Å². The molecule has 1 aliphatic rings. The number of benzene rings is 2. The van der Waals surface area contributed by atoms with Crippen molar-refractivity contribution in [2.75, 3.05) is 32.2 Å². The van der Waals surface area contributed by atoms with E-state index < -0.39 is 5.60 Å². The van der Waals surface area contributed by atoms with Gasteiger partial charge in [-0.1, -0.05) is 29.8 Å². The lowest BCUT2D eigenvalue weighted by Crippen LogP contribution is -2.53. The molecule has 2 amide bonds. The minimum Gasteiger partial charge on any atom is -0.345 e. The highest BCUT2D eigenvalue weighted by Crippen LogP contribution is 2.26. The highest BCUT2D eigenvalue weighted by Gasteiger charge is 2.41. The Hall–Kier alpha value is -2.41. The number of nitrogens with zero attached hydrogens (tertiary/aromatic N) is 1. The molecule has 31 heavy (non-hydrogen) atoms. The van der Waals surface area contributed by atoms with Crippen LogP contribution in [0.25, 0.3) is 0 Å². The molecule has 6 nitrogen and oxygen atoms in total. The van der Waals surface area contributed by atoms with Gasteiger partial charge < -0.3 is 20.3 Å². The van der Waals surface area contributed by atoms with Crippen molar-refractivity contribution in [2.45, 2.75) is 38.7 Å². The monoisotopic (exact) mass is 443 g/mol. The largest absolute Gasteiger partial charge is 0.345 e. The predicted octanol–water partition coefficient (Wildman–Crippen LogP) is 3.69. The first kappa shape index (κ1) is 23.3. The summed E-state index contributed by atoms with van der Waals surface area (Å²) in [5.41, 5.74) is 2.71. The van der Waals surface area contributed by atoms with Gasteiger partial charge in [0, 0.05) is 17.8 Å². The minimum absolute atomic E-state index is 0.0483. The second-order valence-electron chi connectivity index (χ2n) is 8.12. The standard InChI is InChI=1S/C24H30ClN3O3/c1-17-13-19(25)14-18(2)21(17)15-22(29)28(3)16-31-24(9-11-26-12-10-24)23(30)27-20-7-5-4-6-8-20/h4-8,13-14,26H,9-12,15-16H2,1-3H3,(H,27,30). The lowest BCUT2D eigenvalue weighted by molar-refractivity contribution is -0.159. The Morgan fingerprint density at radius 2 is 1.74 bits per heavy atom. The second-order valence-corrected chi connectivity index (χ2v) is 8.56. The lowest BCUT2D eigenvalue weighted by atomic mass is 9.91. The van der Waals surface area contributed by atoms with Crippen molar-refractivity contribution in [1.29, 1.82) is 0 Å². The summed E-state index contributed by atoms with van der Waals surface area (Å²) in [6.45, 7) is 5.32. The average molecular weight is 444 g/mol. The van der Waals surface area contributed by atoms with Crippen LogP contribution in [0.2, 0.25) is 5.02 Å². The van der Waals surface area contributed by atoms with Gasteiger partial charge in [0.05, 0.1) is 6.42 Å². The van der Waals surface area contributed by atoms with Crippen molar-refractivity contribution in [2.24, 2.45) is 0 Å². The van der Waals surface area contributed by atoms with E-state index in [9.17, 15) is 9.59 Å². The van der Waals surface area contributed by atoms with Crippen molar-refractivity contribution in [3.05, 3.63) is 64.2 Å². The SMILES string of the molecule is Cc1cc(Cl)cc(C)c1CC(=O)N(C)COC1(C(=O)Nc2ccccc2)CCNCC1. The number of nitrogens with one attached hydrogen (secondary N) is 2. The molecule has 0 spiro atoms. The fourth-order valence-corrected chi connectivity index (χ4v) is 4.16. The van der Waals surface area contributed by atoms with Gasteiger partial charge in [0.2, 0.25) is 5.91 Å². The number of amides is 2. The summed E-state index contributed by atoms with van der Waals surface area (Å²) in [7, 11) is 1.70. The molecular formula is C24H30ClN3O3. The highest BCUT2D eigenvalue weighted by atomic mass is 35.5. The molecule has 0 saturated carbocycles. The smallest absolute Gasteiger partial charge is 0.256 e. The number of likely N-dealkylation sites (N-methyl/N-ethyl adjacent to an activating group) is 1. The van der Waals surface area contributed by atoms with Gasteiger partial charge in [-0.05, 0) is 80.7 Å². The number of carbonyl (C=O) groups is 2. The third-order valence-corrected chi connectivity index (χ3v) is 6.02. The van der Waals surface area contributed by atoms with E-state index in [0.29, 0.717) is 31.0 Å². The van der Waals surface area contributed by atoms with Crippen LogP contribution in [0.1, 0.15) is 29.5 Å². The van der Waals surface area contributed by atoms with Gasteiger partial charge in [-0.2, -0.15) is 0 Å². The molecule has 2 aromatic rings. The summed E-state index contributed by atoms with van der Waals surface area (Å²) >= 11 is 6.10. The number of carbonyl (C=O) groups excluding carboxylic acids is 2. The maximum atomic E-state index is 13.1. The van der Waals surface area contributed by atoms with Crippen molar-refractivity contribution < 1.29 is 14.3 Å².